The number of hydrogen-bond donors (Lipinski definition) is 3. The summed E-state index contributed by atoms with van der Waals surface area (Å²) in [7, 11) is -3.26. The fourth-order valence-corrected chi connectivity index (χ4v) is 4.18. The molecule has 8 nitrogen and oxygen atoms in total. The average molecular weight is 379 g/mol. The lowest BCUT2D eigenvalue weighted by Gasteiger charge is -2.31. The minimum Gasteiger partial charge on any atom is -0.376 e. The van der Waals surface area contributed by atoms with E-state index in [1.54, 1.807) is 6.92 Å². The molecule has 138 valence electrons. The Morgan fingerprint density at radius 1 is 1.29 bits per heavy atom. The van der Waals surface area contributed by atoms with Crippen molar-refractivity contribution in [1.29, 1.82) is 0 Å². The summed E-state index contributed by atoms with van der Waals surface area (Å²) in [5.74, 6) is -0.558. The van der Waals surface area contributed by atoms with E-state index in [0.717, 1.165) is 19.4 Å². The number of sulfonamides is 1. The predicted molar refractivity (Wildman–Crippen MR) is 94.6 cm³/mol. The lowest BCUT2D eigenvalue weighted by Crippen LogP contribution is -2.52. The Morgan fingerprint density at radius 3 is 2.75 bits per heavy atom. The molecule has 0 aromatic heterocycles. The van der Waals surface area contributed by atoms with E-state index in [9.17, 15) is 13.2 Å². The molecule has 2 heterocycles. The van der Waals surface area contributed by atoms with Crippen LogP contribution in [0, 0.1) is 5.92 Å². The Morgan fingerprint density at radius 2 is 2.08 bits per heavy atom. The van der Waals surface area contributed by atoms with Crippen molar-refractivity contribution in [1.82, 2.24) is 20.5 Å². The smallest absolute Gasteiger partial charge is 0.242 e. The van der Waals surface area contributed by atoms with Gasteiger partial charge in [0.15, 0.2) is 5.11 Å². The molecule has 2 aliphatic rings. The van der Waals surface area contributed by atoms with Crippen LogP contribution < -0.4 is 16.2 Å². The first kappa shape index (κ1) is 19.4. The van der Waals surface area contributed by atoms with Crippen LogP contribution in [0.3, 0.4) is 0 Å². The molecule has 2 rings (SSSR count). The van der Waals surface area contributed by atoms with E-state index >= 15 is 0 Å². The van der Waals surface area contributed by atoms with Crippen LogP contribution in [0.2, 0.25) is 0 Å². The summed E-state index contributed by atoms with van der Waals surface area (Å²) in [6.07, 6.45) is 3.57. The van der Waals surface area contributed by atoms with Crippen LogP contribution in [0.1, 0.15) is 32.6 Å². The van der Waals surface area contributed by atoms with Gasteiger partial charge >= 0.3 is 0 Å². The maximum Gasteiger partial charge on any atom is 0.242 e. The van der Waals surface area contributed by atoms with Crippen molar-refractivity contribution in [3.8, 4) is 0 Å². The normalized spacial score (nSPS) is 25.2. The van der Waals surface area contributed by atoms with Crippen molar-refractivity contribution >= 4 is 33.3 Å². The van der Waals surface area contributed by atoms with Crippen molar-refractivity contribution in [3.05, 3.63) is 0 Å². The van der Waals surface area contributed by atoms with Gasteiger partial charge in [-0.05, 0) is 44.8 Å². The largest absolute Gasteiger partial charge is 0.376 e. The highest BCUT2D eigenvalue weighted by molar-refractivity contribution is 7.89. The fraction of sp³-hybridized carbons (Fsp3) is 0.857. The highest BCUT2D eigenvalue weighted by Gasteiger charge is 2.31. The zero-order valence-electron chi connectivity index (χ0n) is 13.9. The second-order valence-electron chi connectivity index (χ2n) is 6.06. The molecule has 2 unspecified atom stereocenters. The quantitative estimate of drug-likeness (QED) is 0.447. The van der Waals surface area contributed by atoms with Gasteiger partial charge in [0.05, 0.1) is 17.8 Å². The van der Waals surface area contributed by atoms with Crippen molar-refractivity contribution in [2.24, 2.45) is 5.92 Å². The molecule has 2 fully saturated rings. The molecule has 3 N–H and O–H groups in total. The van der Waals surface area contributed by atoms with Gasteiger partial charge in [-0.1, -0.05) is 0 Å². The third kappa shape index (κ3) is 5.54. The van der Waals surface area contributed by atoms with E-state index in [1.807, 2.05) is 0 Å². The third-order valence-electron chi connectivity index (χ3n) is 4.33. The molecule has 10 heteroatoms. The van der Waals surface area contributed by atoms with E-state index in [2.05, 4.69) is 16.2 Å². The molecule has 0 bridgehead atoms. The number of hydrogen-bond acceptors (Lipinski definition) is 5. The van der Waals surface area contributed by atoms with Gasteiger partial charge in [0.1, 0.15) is 0 Å². The standard InChI is InChI=1S/C14H26N4O4S2/c1-2-24(20,21)18-7-3-5-11(10-18)13(19)16-17-14(23)15-9-12-6-4-8-22-12/h11-12H,2-10H2,1H3,(H,16,19)(H2,15,17,23). The number of rotatable bonds is 5. The van der Waals surface area contributed by atoms with Crippen LogP contribution >= 0.6 is 12.2 Å². The minimum atomic E-state index is -3.26. The third-order valence-corrected chi connectivity index (χ3v) is 6.42. The Kier molecular flexibility index (Phi) is 7.20. The number of nitrogens with zero attached hydrogens (tertiary/aromatic N) is 1. The van der Waals surface area contributed by atoms with Crippen molar-refractivity contribution < 1.29 is 17.9 Å². The Labute approximate surface area is 148 Å². The molecule has 2 aliphatic heterocycles. The highest BCUT2D eigenvalue weighted by atomic mass is 32.2. The van der Waals surface area contributed by atoms with E-state index in [1.165, 1.54) is 4.31 Å². The van der Waals surface area contributed by atoms with Gasteiger partial charge in [-0.25, -0.2) is 12.7 Å². The summed E-state index contributed by atoms with van der Waals surface area (Å²) in [6.45, 7) is 3.70. The molecular weight excluding hydrogens is 352 g/mol. The number of thiocarbonyl (C=S) groups is 1. The van der Waals surface area contributed by atoms with E-state index < -0.39 is 10.0 Å². The molecule has 24 heavy (non-hydrogen) atoms. The van der Waals surface area contributed by atoms with Crippen molar-refractivity contribution in [3.63, 3.8) is 0 Å². The maximum atomic E-state index is 12.2. The van der Waals surface area contributed by atoms with Crippen molar-refractivity contribution in [2.45, 2.75) is 38.7 Å². The van der Waals surface area contributed by atoms with Crippen LogP contribution in [0.5, 0.6) is 0 Å². The van der Waals surface area contributed by atoms with Gasteiger partial charge in [0.2, 0.25) is 15.9 Å². The monoisotopic (exact) mass is 378 g/mol. The van der Waals surface area contributed by atoms with Gasteiger partial charge in [0, 0.05) is 26.2 Å². The Hall–Kier alpha value is -0.970. The fourth-order valence-electron chi connectivity index (χ4n) is 2.87. The number of amides is 1. The van der Waals surface area contributed by atoms with Gasteiger partial charge in [-0.15, -0.1) is 0 Å². The van der Waals surface area contributed by atoms with E-state index in [4.69, 9.17) is 17.0 Å². The minimum absolute atomic E-state index is 0.0524. The van der Waals surface area contributed by atoms with Crippen LogP contribution in [0.4, 0.5) is 0 Å². The zero-order valence-corrected chi connectivity index (χ0v) is 15.5. The summed E-state index contributed by atoms with van der Waals surface area (Å²) in [5.41, 5.74) is 5.23. The van der Waals surface area contributed by atoms with E-state index in [-0.39, 0.29) is 30.2 Å². The van der Waals surface area contributed by atoms with Crippen LogP contribution in [0.25, 0.3) is 0 Å². The Bertz CT molecular complexity index is 549. The Balaban J connectivity index is 1.72. The number of nitrogens with one attached hydrogen (secondary N) is 3. The molecule has 1 amide bonds. The van der Waals surface area contributed by atoms with Gasteiger partial charge < -0.3 is 10.1 Å². The predicted octanol–water partition coefficient (Wildman–Crippen LogP) is -0.278. The summed E-state index contributed by atoms with van der Waals surface area (Å²) in [5, 5.41) is 3.33. The molecule has 0 spiro atoms. The van der Waals surface area contributed by atoms with Crippen LogP contribution in [0.15, 0.2) is 0 Å². The maximum absolute atomic E-state index is 12.2. The highest BCUT2D eigenvalue weighted by Crippen LogP contribution is 2.19. The SMILES string of the molecule is CCS(=O)(=O)N1CCCC(C(=O)NNC(=S)NCC2CCCO2)C1. The molecule has 0 aliphatic carbocycles. The number of piperidine rings is 1. The van der Waals surface area contributed by atoms with Gasteiger partial charge in [-0.3, -0.25) is 15.6 Å². The first-order valence-corrected chi connectivity index (χ1v) is 10.4. The van der Waals surface area contributed by atoms with Crippen molar-refractivity contribution in [2.75, 3.05) is 32.0 Å². The van der Waals surface area contributed by atoms with Crippen LogP contribution in [-0.4, -0.2) is 61.8 Å². The lowest BCUT2D eigenvalue weighted by atomic mass is 9.99. The first-order valence-electron chi connectivity index (χ1n) is 8.35. The molecule has 0 saturated carbocycles. The second-order valence-corrected chi connectivity index (χ2v) is 8.72. The summed E-state index contributed by atoms with van der Waals surface area (Å²) in [6, 6.07) is 0. The van der Waals surface area contributed by atoms with Gasteiger partial charge in [0.25, 0.3) is 0 Å². The summed E-state index contributed by atoms with van der Waals surface area (Å²) >= 11 is 5.11. The summed E-state index contributed by atoms with van der Waals surface area (Å²) in [4.78, 5) is 12.2. The molecule has 0 aromatic carbocycles. The molecule has 0 aromatic rings. The molecule has 2 saturated heterocycles. The average Bonchev–Trinajstić information content (AvgIpc) is 3.11. The number of ether oxygens (including phenoxy) is 1. The number of carbonyl (C=O) groups excluding carboxylic acids is 1. The molecular formula is C14H26N4O4S2. The second kappa shape index (κ2) is 8.93. The molecule has 2 atom stereocenters. The molecule has 0 radical (unpaired) electrons. The lowest BCUT2D eigenvalue weighted by molar-refractivity contribution is -0.126. The van der Waals surface area contributed by atoms with Gasteiger partial charge in [-0.2, -0.15) is 0 Å². The number of carbonyl (C=O) groups is 1. The number of hydrazine groups is 1. The topological polar surface area (TPSA) is 99.8 Å². The zero-order chi connectivity index (χ0) is 17.6. The first-order chi connectivity index (χ1) is 11.4. The summed E-state index contributed by atoms with van der Waals surface area (Å²) < 4.78 is 30.7. The van der Waals surface area contributed by atoms with E-state index in [0.29, 0.717) is 31.0 Å². The van der Waals surface area contributed by atoms with Crippen LogP contribution in [-0.2, 0) is 19.6 Å².